The number of hydrogen-bond donors (Lipinski definition) is 1. The topological polar surface area (TPSA) is 55.4 Å². The Kier molecular flexibility index (Phi) is 4.51. The minimum absolute atomic E-state index is 0.0824. The van der Waals surface area contributed by atoms with Crippen LogP contribution in [0.4, 0.5) is 5.69 Å². The Labute approximate surface area is 94.6 Å². The summed E-state index contributed by atoms with van der Waals surface area (Å²) >= 11 is 0. The fourth-order valence-corrected chi connectivity index (χ4v) is 1.19. The van der Waals surface area contributed by atoms with E-state index in [2.05, 4.69) is 5.32 Å². The standard InChI is InChI=1S/C12H15NO3/c1-3-11(14)13-10-7-5-6-9(8-10)12(15)16-4-2/h5-8H,3-4H2,1-2H3,(H,13,14). The van der Waals surface area contributed by atoms with Crippen LogP contribution in [0.25, 0.3) is 0 Å². The van der Waals surface area contributed by atoms with Crippen LogP contribution in [0.15, 0.2) is 24.3 Å². The molecule has 1 aromatic carbocycles. The van der Waals surface area contributed by atoms with E-state index in [9.17, 15) is 9.59 Å². The number of esters is 1. The predicted octanol–water partition coefficient (Wildman–Crippen LogP) is 2.21. The predicted molar refractivity (Wildman–Crippen MR) is 61.3 cm³/mol. The summed E-state index contributed by atoms with van der Waals surface area (Å²) in [7, 11) is 0. The van der Waals surface area contributed by atoms with Crippen molar-refractivity contribution in [1.29, 1.82) is 0 Å². The number of ether oxygens (including phenoxy) is 1. The summed E-state index contributed by atoms with van der Waals surface area (Å²) in [5, 5.41) is 2.68. The molecule has 0 bridgehead atoms. The first-order valence-corrected chi connectivity index (χ1v) is 5.24. The zero-order valence-electron chi connectivity index (χ0n) is 9.45. The zero-order chi connectivity index (χ0) is 12.0. The Hall–Kier alpha value is -1.84. The molecule has 0 aliphatic rings. The van der Waals surface area contributed by atoms with Crippen LogP contribution in [0.2, 0.25) is 0 Å². The van der Waals surface area contributed by atoms with Gasteiger partial charge in [0.1, 0.15) is 0 Å². The molecule has 1 rings (SSSR count). The van der Waals surface area contributed by atoms with Gasteiger partial charge in [-0.3, -0.25) is 4.79 Å². The number of benzene rings is 1. The van der Waals surface area contributed by atoms with Gasteiger partial charge in [-0.15, -0.1) is 0 Å². The molecule has 16 heavy (non-hydrogen) atoms. The minimum atomic E-state index is -0.380. The number of amides is 1. The molecule has 0 heterocycles. The van der Waals surface area contributed by atoms with Gasteiger partial charge in [0.15, 0.2) is 0 Å². The van der Waals surface area contributed by atoms with Crippen molar-refractivity contribution in [3.63, 3.8) is 0 Å². The molecular weight excluding hydrogens is 206 g/mol. The molecule has 0 fully saturated rings. The van der Waals surface area contributed by atoms with Gasteiger partial charge in [0.25, 0.3) is 0 Å². The molecule has 0 spiro atoms. The van der Waals surface area contributed by atoms with Gasteiger partial charge in [-0.2, -0.15) is 0 Å². The molecule has 1 amide bonds. The molecule has 0 unspecified atom stereocenters. The molecule has 0 atom stereocenters. The van der Waals surface area contributed by atoms with E-state index in [1.165, 1.54) is 0 Å². The van der Waals surface area contributed by atoms with Crippen molar-refractivity contribution in [1.82, 2.24) is 0 Å². The molecule has 86 valence electrons. The lowest BCUT2D eigenvalue weighted by Gasteiger charge is -2.06. The summed E-state index contributed by atoms with van der Waals surface area (Å²) in [5.74, 6) is -0.462. The van der Waals surface area contributed by atoms with E-state index in [0.29, 0.717) is 24.3 Å². The first kappa shape index (κ1) is 12.2. The van der Waals surface area contributed by atoms with Gasteiger partial charge < -0.3 is 10.1 Å². The second-order valence-corrected chi connectivity index (χ2v) is 3.20. The first-order chi connectivity index (χ1) is 7.67. The van der Waals surface area contributed by atoms with Crippen molar-refractivity contribution in [3.8, 4) is 0 Å². The van der Waals surface area contributed by atoms with Crippen LogP contribution in [0.5, 0.6) is 0 Å². The Morgan fingerprint density at radius 3 is 2.69 bits per heavy atom. The van der Waals surface area contributed by atoms with Gasteiger partial charge in [0, 0.05) is 12.1 Å². The normalized spacial score (nSPS) is 9.62. The molecule has 0 aliphatic carbocycles. The van der Waals surface area contributed by atoms with Crippen molar-refractivity contribution in [2.75, 3.05) is 11.9 Å². The van der Waals surface area contributed by atoms with Crippen LogP contribution in [0.3, 0.4) is 0 Å². The van der Waals surface area contributed by atoms with E-state index in [4.69, 9.17) is 4.74 Å². The van der Waals surface area contributed by atoms with Crippen LogP contribution in [-0.2, 0) is 9.53 Å². The molecule has 4 heteroatoms. The van der Waals surface area contributed by atoms with Crippen LogP contribution >= 0.6 is 0 Å². The van der Waals surface area contributed by atoms with E-state index in [1.807, 2.05) is 0 Å². The number of rotatable bonds is 4. The van der Waals surface area contributed by atoms with Gasteiger partial charge in [-0.1, -0.05) is 13.0 Å². The summed E-state index contributed by atoms with van der Waals surface area (Å²) in [6.07, 6.45) is 0.406. The highest BCUT2D eigenvalue weighted by molar-refractivity contribution is 5.94. The molecule has 0 saturated carbocycles. The van der Waals surface area contributed by atoms with E-state index in [0.717, 1.165) is 0 Å². The lowest BCUT2D eigenvalue weighted by atomic mass is 10.2. The van der Waals surface area contributed by atoms with E-state index in [1.54, 1.807) is 38.1 Å². The summed E-state index contributed by atoms with van der Waals surface area (Å²) in [4.78, 5) is 22.6. The van der Waals surface area contributed by atoms with Gasteiger partial charge in [0.2, 0.25) is 5.91 Å². The minimum Gasteiger partial charge on any atom is -0.462 e. The van der Waals surface area contributed by atoms with Crippen molar-refractivity contribution in [2.45, 2.75) is 20.3 Å². The van der Waals surface area contributed by atoms with Gasteiger partial charge in [-0.25, -0.2) is 4.79 Å². The summed E-state index contributed by atoms with van der Waals surface area (Å²) in [6.45, 7) is 3.86. The average Bonchev–Trinajstić information content (AvgIpc) is 2.29. The quantitative estimate of drug-likeness (QED) is 0.793. The average molecular weight is 221 g/mol. The van der Waals surface area contributed by atoms with Crippen LogP contribution < -0.4 is 5.32 Å². The van der Waals surface area contributed by atoms with Crippen molar-refractivity contribution >= 4 is 17.6 Å². The van der Waals surface area contributed by atoms with Crippen molar-refractivity contribution < 1.29 is 14.3 Å². The lowest BCUT2D eigenvalue weighted by Crippen LogP contribution is -2.10. The van der Waals surface area contributed by atoms with Gasteiger partial charge in [-0.05, 0) is 25.1 Å². The molecule has 0 aromatic heterocycles. The zero-order valence-corrected chi connectivity index (χ0v) is 9.45. The molecular formula is C12H15NO3. The maximum atomic E-state index is 11.4. The SMILES string of the molecule is CCOC(=O)c1cccc(NC(=O)CC)c1. The van der Waals surface area contributed by atoms with Crippen molar-refractivity contribution in [2.24, 2.45) is 0 Å². The Bertz CT molecular complexity index is 388. The Morgan fingerprint density at radius 2 is 2.06 bits per heavy atom. The highest BCUT2D eigenvalue weighted by Gasteiger charge is 2.07. The fourth-order valence-electron chi connectivity index (χ4n) is 1.19. The maximum Gasteiger partial charge on any atom is 0.338 e. The second-order valence-electron chi connectivity index (χ2n) is 3.20. The van der Waals surface area contributed by atoms with Crippen LogP contribution in [-0.4, -0.2) is 18.5 Å². The molecule has 0 aliphatic heterocycles. The molecule has 0 radical (unpaired) electrons. The third-order valence-corrected chi connectivity index (χ3v) is 1.98. The summed E-state index contributed by atoms with van der Waals surface area (Å²) < 4.78 is 4.86. The highest BCUT2D eigenvalue weighted by Crippen LogP contribution is 2.11. The molecule has 1 aromatic rings. The third kappa shape index (κ3) is 3.38. The number of hydrogen-bond acceptors (Lipinski definition) is 3. The summed E-state index contributed by atoms with van der Waals surface area (Å²) in [5.41, 5.74) is 1.05. The largest absolute Gasteiger partial charge is 0.462 e. The lowest BCUT2D eigenvalue weighted by molar-refractivity contribution is -0.115. The molecule has 1 N–H and O–H groups in total. The van der Waals surface area contributed by atoms with E-state index >= 15 is 0 Å². The number of nitrogens with one attached hydrogen (secondary N) is 1. The third-order valence-electron chi connectivity index (χ3n) is 1.98. The summed E-state index contributed by atoms with van der Waals surface area (Å²) in [6, 6.07) is 6.69. The van der Waals surface area contributed by atoms with Crippen LogP contribution in [0.1, 0.15) is 30.6 Å². The van der Waals surface area contributed by atoms with E-state index < -0.39 is 0 Å². The van der Waals surface area contributed by atoms with Crippen LogP contribution in [0, 0.1) is 0 Å². The van der Waals surface area contributed by atoms with Gasteiger partial charge in [0.05, 0.1) is 12.2 Å². The molecule has 0 saturated heterocycles. The number of carbonyl (C=O) groups is 2. The fraction of sp³-hybridized carbons (Fsp3) is 0.333. The van der Waals surface area contributed by atoms with Crippen molar-refractivity contribution in [3.05, 3.63) is 29.8 Å². The monoisotopic (exact) mass is 221 g/mol. The Balaban J connectivity index is 2.78. The maximum absolute atomic E-state index is 11.4. The smallest absolute Gasteiger partial charge is 0.338 e. The number of anilines is 1. The van der Waals surface area contributed by atoms with Gasteiger partial charge >= 0.3 is 5.97 Å². The first-order valence-electron chi connectivity index (χ1n) is 5.24. The molecule has 4 nitrogen and oxygen atoms in total. The van der Waals surface area contributed by atoms with E-state index in [-0.39, 0.29) is 11.9 Å². The highest BCUT2D eigenvalue weighted by atomic mass is 16.5. The second kappa shape index (κ2) is 5.90. The number of carbonyl (C=O) groups excluding carboxylic acids is 2. The Morgan fingerprint density at radius 1 is 1.31 bits per heavy atom.